The normalized spacial score (nSPS) is 15.4. The molecule has 2 aromatic carbocycles. The molecule has 0 saturated heterocycles. The summed E-state index contributed by atoms with van der Waals surface area (Å²) in [5.74, 6) is 0.819. The van der Waals surface area contributed by atoms with Gasteiger partial charge in [-0.15, -0.1) is 0 Å². The van der Waals surface area contributed by atoms with Gasteiger partial charge in [0.05, 0.1) is 6.10 Å². The van der Waals surface area contributed by atoms with Crippen LogP contribution in [0.4, 0.5) is 0 Å². The first-order valence-corrected chi connectivity index (χ1v) is 8.54. The van der Waals surface area contributed by atoms with Crippen LogP contribution >= 0.6 is 0 Å². The van der Waals surface area contributed by atoms with E-state index in [1.54, 1.807) is 0 Å². The van der Waals surface area contributed by atoms with Crippen molar-refractivity contribution >= 4 is 5.91 Å². The molecule has 0 heterocycles. The van der Waals surface area contributed by atoms with Crippen LogP contribution in [0.3, 0.4) is 0 Å². The zero-order valence-corrected chi connectivity index (χ0v) is 13.8. The summed E-state index contributed by atoms with van der Waals surface area (Å²) >= 11 is 0. The largest absolute Gasteiger partial charge is 0.490 e. The van der Waals surface area contributed by atoms with Crippen LogP contribution in [0.2, 0.25) is 0 Å². The van der Waals surface area contributed by atoms with Gasteiger partial charge in [0.1, 0.15) is 5.75 Å². The summed E-state index contributed by atoms with van der Waals surface area (Å²) in [6.07, 6.45) is 4.07. The van der Waals surface area contributed by atoms with Crippen LogP contribution in [0, 0.1) is 0 Å². The van der Waals surface area contributed by atoms with Crippen LogP contribution in [0.5, 0.6) is 5.75 Å². The van der Waals surface area contributed by atoms with E-state index in [1.807, 2.05) is 54.6 Å². The molecule has 0 aliphatic heterocycles. The second-order valence-corrected chi connectivity index (χ2v) is 6.28. The van der Waals surface area contributed by atoms with Crippen molar-refractivity contribution in [2.75, 3.05) is 0 Å². The first-order chi connectivity index (χ1) is 11.7. The van der Waals surface area contributed by atoms with Crippen molar-refractivity contribution in [2.45, 2.75) is 44.4 Å². The molecule has 1 unspecified atom stereocenters. The molecule has 1 atom stereocenters. The van der Waals surface area contributed by atoms with Crippen LogP contribution < -0.4 is 15.8 Å². The van der Waals surface area contributed by atoms with Gasteiger partial charge < -0.3 is 15.8 Å². The van der Waals surface area contributed by atoms with Gasteiger partial charge in [0.2, 0.25) is 5.91 Å². The van der Waals surface area contributed by atoms with Crippen molar-refractivity contribution in [3.8, 4) is 5.75 Å². The average Bonchev–Trinajstić information content (AvgIpc) is 2.58. The Balaban J connectivity index is 1.52. The molecule has 0 aromatic heterocycles. The van der Waals surface area contributed by atoms with Crippen LogP contribution in [0.1, 0.15) is 42.9 Å². The van der Waals surface area contributed by atoms with Gasteiger partial charge in [-0.3, -0.25) is 4.79 Å². The van der Waals surface area contributed by atoms with E-state index in [9.17, 15) is 4.79 Å². The highest BCUT2D eigenvalue weighted by Gasteiger charge is 2.20. The minimum absolute atomic E-state index is 0.0511. The van der Waals surface area contributed by atoms with Crippen molar-refractivity contribution in [1.29, 1.82) is 0 Å². The fourth-order valence-electron chi connectivity index (χ4n) is 2.72. The lowest BCUT2D eigenvalue weighted by molar-refractivity contribution is -0.121. The minimum atomic E-state index is -0.285. The topological polar surface area (TPSA) is 64.4 Å². The van der Waals surface area contributed by atoms with Crippen molar-refractivity contribution < 1.29 is 9.53 Å². The molecule has 126 valence electrons. The Bertz CT molecular complexity index is 668. The summed E-state index contributed by atoms with van der Waals surface area (Å²) in [5.41, 5.74) is 8.08. The van der Waals surface area contributed by atoms with E-state index in [0.717, 1.165) is 29.7 Å². The molecule has 2 aromatic rings. The first kappa shape index (κ1) is 16.5. The standard InChI is InChI=1S/C20H24N2O2/c21-18(15-7-2-1-3-8-15)13-20(23)22-14-16-9-4-5-12-19(16)24-17-10-6-11-17/h1-5,7-9,12,17-18H,6,10-11,13-14,21H2,(H,22,23). The zero-order chi connectivity index (χ0) is 16.8. The number of hydrogen-bond acceptors (Lipinski definition) is 3. The van der Waals surface area contributed by atoms with Crippen molar-refractivity contribution in [3.05, 3.63) is 65.7 Å². The first-order valence-electron chi connectivity index (χ1n) is 8.54. The smallest absolute Gasteiger partial charge is 0.222 e. The summed E-state index contributed by atoms with van der Waals surface area (Å²) < 4.78 is 5.99. The molecule has 0 spiro atoms. The van der Waals surface area contributed by atoms with Gasteiger partial charge in [0.15, 0.2) is 0 Å². The number of nitrogens with one attached hydrogen (secondary N) is 1. The number of benzene rings is 2. The maximum Gasteiger partial charge on any atom is 0.222 e. The van der Waals surface area contributed by atoms with E-state index < -0.39 is 0 Å². The monoisotopic (exact) mass is 324 g/mol. The second-order valence-electron chi connectivity index (χ2n) is 6.28. The predicted molar refractivity (Wildman–Crippen MR) is 94.5 cm³/mol. The number of hydrogen-bond donors (Lipinski definition) is 2. The summed E-state index contributed by atoms with van der Waals surface area (Å²) in [6.45, 7) is 0.462. The fraction of sp³-hybridized carbons (Fsp3) is 0.350. The number of carbonyl (C=O) groups is 1. The highest BCUT2D eigenvalue weighted by Crippen LogP contribution is 2.27. The van der Waals surface area contributed by atoms with E-state index in [2.05, 4.69) is 5.32 Å². The van der Waals surface area contributed by atoms with Crippen molar-refractivity contribution in [2.24, 2.45) is 5.73 Å². The van der Waals surface area contributed by atoms with E-state index in [1.165, 1.54) is 6.42 Å². The Morgan fingerprint density at radius 3 is 2.54 bits per heavy atom. The third-order valence-corrected chi connectivity index (χ3v) is 4.43. The number of nitrogens with two attached hydrogens (primary N) is 1. The maximum absolute atomic E-state index is 12.2. The molecule has 4 nitrogen and oxygen atoms in total. The third kappa shape index (κ3) is 4.36. The van der Waals surface area contributed by atoms with Gasteiger partial charge in [0, 0.05) is 24.6 Å². The lowest BCUT2D eigenvalue weighted by Gasteiger charge is -2.27. The number of carbonyl (C=O) groups excluding carboxylic acids is 1. The van der Waals surface area contributed by atoms with Gasteiger partial charge in [-0.1, -0.05) is 48.5 Å². The van der Waals surface area contributed by atoms with E-state index >= 15 is 0 Å². The molecule has 1 saturated carbocycles. The van der Waals surface area contributed by atoms with Crippen LogP contribution in [0.25, 0.3) is 0 Å². The van der Waals surface area contributed by atoms with Gasteiger partial charge in [-0.25, -0.2) is 0 Å². The molecule has 1 aliphatic carbocycles. The van der Waals surface area contributed by atoms with Crippen LogP contribution in [-0.2, 0) is 11.3 Å². The quantitative estimate of drug-likeness (QED) is 0.821. The van der Waals surface area contributed by atoms with E-state index in [-0.39, 0.29) is 18.4 Å². The summed E-state index contributed by atoms with van der Waals surface area (Å²) in [5, 5.41) is 2.95. The predicted octanol–water partition coefficient (Wildman–Crippen LogP) is 3.32. The second kappa shape index (κ2) is 7.97. The van der Waals surface area contributed by atoms with Crippen molar-refractivity contribution in [1.82, 2.24) is 5.32 Å². The summed E-state index contributed by atoms with van der Waals surface area (Å²) in [6, 6.07) is 17.3. The Hall–Kier alpha value is -2.33. The molecule has 3 N–H and O–H groups in total. The number of para-hydroxylation sites is 1. The van der Waals surface area contributed by atoms with Crippen LogP contribution in [0.15, 0.2) is 54.6 Å². The van der Waals surface area contributed by atoms with Gasteiger partial charge in [-0.05, 0) is 30.9 Å². The lowest BCUT2D eigenvalue weighted by atomic mass is 9.96. The minimum Gasteiger partial charge on any atom is -0.490 e. The number of amides is 1. The lowest BCUT2D eigenvalue weighted by Crippen LogP contribution is -2.28. The van der Waals surface area contributed by atoms with Gasteiger partial charge >= 0.3 is 0 Å². The SMILES string of the molecule is NC(CC(=O)NCc1ccccc1OC1CCC1)c1ccccc1. The molecule has 1 aliphatic rings. The summed E-state index contributed by atoms with van der Waals surface area (Å²) in [7, 11) is 0. The number of ether oxygens (including phenoxy) is 1. The molecule has 24 heavy (non-hydrogen) atoms. The molecular formula is C20H24N2O2. The molecule has 0 radical (unpaired) electrons. The van der Waals surface area contributed by atoms with Crippen molar-refractivity contribution in [3.63, 3.8) is 0 Å². The summed E-state index contributed by atoms with van der Waals surface area (Å²) in [4.78, 5) is 12.2. The Labute approximate surface area is 143 Å². The average molecular weight is 324 g/mol. The molecule has 4 heteroatoms. The molecule has 0 bridgehead atoms. The maximum atomic E-state index is 12.2. The highest BCUT2D eigenvalue weighted by molar-refractivity contribution is 5.76. The highest BCUT2D eigenvalue weighted by atomic mass is 16.5. The molecule has 1 amide bonds. The fourth-order valence-corrected chi connectivity index (χ4v) is 2.72. The van der Waals surface area contributed by atoms with Crippen LogP contribution in [-0.4, -0.2) is 12.0 Å². The molecule has 3 rings (SSSR count). The Kier molecular flexibility index (Phi) is 5.49. The molecular weight excluding hydrogens is 300 g/mol. The Morgan fingerprint density at radius 1 is 1.12 bits per heavy atom. The zero-order valence-electron chi connectivity index (χ0n) is 13.8. The van der Waals surface area contributed by atoms with E-state index in [4.69, 9.17) is 10.5 Å². The van der Waals surface area contributed by atoms with Gasteiger partial charge in [-0.2, -0.15) is 0 Å². The van der Waals surface area contributed by atoms with E-state index in [0.29, 0.717) is 12.6 Å². The number of rotatable bonds is 7. The van der Waals surface area contributed by atoms with Gasteiger partial charge in [0.25, 0.3) is 0 Å². The third-order valence-electron chi connectivity index (χ3n) is 4.43. The Morgan fingerprint density at radius 2 is 1.83 bits per heavy atom. The molecule has 1 fully saturated rings.